The maximum absolute atomic E-state index is 10.9. The second kappa shape index (κ2) is 6.81. The van der Waals surface area contributed by atoms with Crippen molar-refractivity contribution in [2.45, 2.75) is 25.8 Å². The largest absolute Gasteiger partial charge is 0.314 e. The van der Waals surface area contributed by atoms with Crippen molar-refractivity contribution in [2.75, 3.05) is 18.6 Å². The molecule has 1 aromatic heterocycles. The Bertz CT molecular complexity index is 338. The van der Waals surface area contributed by atoms with Gasteiger partial charge >= 0.3 is 0 Å². The van der Waals surface area contributed by atoms with Crippen molar-refractivity contribution in [1.29, 1.82) is 0 Å². The highest BCUT2D eigenvalue weighted by Crippen LogP contribution is 1.98. The van der Waals surface area contributed by atoms with Gasteiger partial charge in [-0.15, -0.1) is 0 Å². The van der Waals surface area contributed by atoms with Crippen LogP contribution in [0.1, 0.15) is 18.9 Å². The van der Waals surface area contributed by atoms with E-state index < -0.39 is 10.8 Å². The van der Waals surface area contributed by atoms with Gasteiger partial charge in [0.05, 0.1) is 6.20 Å². The van der Waals surface area contributed by atoms with E-state index in [1.54, 1.807) is 6.26 Å². The molecule has 0 spiro atoms. The topological polar surface area (TPSA) is 46.9 Å². The third-order valence-corrected chi connectivity index (χ3v) is 3.31. The summed E-state index contributed by atoms with van der Waals surface area (Å²) >= 11 is 0. The van der Waals surface area contributed by atoms with E-state index in [-0.39, 0.29) is 0 Å². The fraction of sp³-hybridized carbons (Fsp3) is 0.727. The first kappa shape index (κ1) is 13.4. The lowest BCUT2D eigenvalue weighted by atomic mass is 10.2. The summed E-state index contributed by atoms with van der Waals surface area (Å²) in [5, 5.41) is 7.55. The molecule has 4 nitrogen and oxygen atoms in total. The van der Waals surface area contributed by atoms with Crippen molar-refractivity contribution in [3.05, 3.63) is 18.0 Å². The van der Waals surface area contributed by atoms with Crippen LogP contribution in [0.5, 0.6) is 0 Å². The van der Waals surface area contributed by atoms with Crippen molar-refractivity contribution in [3.8, 4) is 0 Å². The predicted molar refractivity (Wildman–Crippen MR) is 67.9 cm³/mol. The molecular weight excluding hydrogens is 222 g/mol. The predicted octanol–water partition coefficient (Wildman–Crippen LogP) is 0.709. The molecule has 0 saturated carbocycles. The highest BCUT2D eigenvalue weighted by molar-refractivity contribution is 7.84. The molecule has 0 aliphatic rings. The van der Waals surface area contributed by atoms with Crippen LogP contribution in [0, 0.1) is 0 Å². The van der Waals surface area contributed by atoms with Gasteiger partial charge < -0.3 is 5.32 Å². The van der Waals surface area contributed by atoms with Gasteiger partial charge in [0.2, 0.25) is 0 Å². The van der Waals surface area contributed by atoms with E-state index in [0.717, 1.165) is 25.1 Å². The Balaban J connectivity index is 2.13. The number of hydrogen-bond acceptors (Lipinski definition) is 3. The Morgan fingerprint density at radius 3 is 2.94 bits per heavy atom. The highest BCUT2D eigenvalue weighted by Gasteiger charge is 2.03. The molecule has 16 heavy (non-hydrogen) atoms. The van der Waals surface area contributed by atoms with Crippen LogP contribution in [0.4, 0.5) is 0 Å². The summed E-state index contributed by atoms with van der Waals surface area (Å²) in [5.41, 5.74) is 1.25. The minimum absolute atomic E-state index is 0.431. The molecule has 92 valence electrons. The van der Waals surface area contributed by atoms with E-state index in [1.165, 1.54) is 5.56 Å². The van der Waals surface area contributed by atoms with Gasteiger partial charge in [-0.25, -0.2) is 0 Å². The lowest BCUT2D eigenvalue weighted by molar-refractivity contribution is 0.538. The molecule has 5 heteroatoms. The van der Waals surface area contributed by atoms with Gasteiger partial charge in [-0.3, -0.25) is 8.89 Å². The Kier molecular flexibility index (Phi) is 5.69. The molecule has 1 N–H and O–H groups in total. The fourth-order valence-electron chi connectivity index (χ4n) is 1.51. The van der Waals surface area contributed by atoms with Crippen molar-refractivity contribution in [1.82, 2.24) is 15.1 Å². The Morgan fingerprint density at radius 1 is 1.62 bits per heavy atom. The van der Waals surface area contributed by atoms with E-state index >= 15 is 0 Å². The van der Waals surface area contributed by atoms with Crippen LogP contribution < -0.4 is 5.32 Å². The standard InChI is InChI=1S/C11H21N3OS/c1-10(5-7-16(3)15)12-6-4-11-8-13-14(2)9-11/h8-10,12H,4-7H2,1-3H3. The number of aromatic nitrogens is 2. The van der Waals surface area contributed by atoms with E-state index in [4.69, 9.17) is 0 Å². The number of hydrogen-bond donors (Lipinski definition) is 1. The van der Waals surface area contributed by atoms with E-state index in [9.17, 15) is 4.21 Å². The second-order valence-electron chi connectivity index (χ2n) is 4.19. The summed E-state index contributed by atoms with van der Waals surface area (Å²) in [5.74, 6) is 0.779. The molecule has 1 aromatic rings. The molecule has 0 amide bonds. The van der Waals surface area contributed by atoms with Crippen LogP contribution >= 0.6 is 0 Å². The first-order valence-corrected chi connectivity index (χ1v) is 7.31. The molecule has 0 fully saturated rings. The van der Waals surface area contributed by atoms with Crippen molar-refractivity contribution in [3.63, 3.8) is 0 Å². The zero-order valence-corrected chi connectivity index (χ0v) is 11.1. The van der Waals surface area contributed by atoms with Crippen molar-refractivity contribution < 1.29 is 4.21 Å². The lowest BCUT2D eigenvalue weighted by Crippen LogP contribution is -2.29. The van der Waals surface area contributed by atoms with Gasteiger partial charge in [0.15, 0.2) is 0 Å². The zero-order valence-electron chi connectivity index (χ0n) is 10.3. The number of nitrogens with zero attached hydrogens (tertiary/aromatic N) is 2. The second-order valence-corrected chi connectivity index (χ2v) is 5.75. The SMILES string of the molecule is CC(CCS(C)=O)NCCc1cnn(C)c1. The number of nitrogens with one attached hydrogen (secondary N) is 1. The summed E-state index contributed by atoms with van der Waals surface area (Å²) in [6, 6.07) is 0.431. The summed E-state index contributed by atoms with van der Waals surface area (Å²) in [6.45, 7) is 3.08. The highest BCUT2D eigenvalue weighted by atomic mass is 32.2. The van der Waals surface area contributed by atoms with Crippen LogP contribution in [-0.4, -0.2) is 38.6 Å². The van der Waals surface area contributed by atoms with Gasteiger partial charge in [0.25, 0.3) is 0 Å². The van der Waals surface area contributed by atoms with Crippen LogP contribution in [0.25, 0.3) is 0 Å². The van der Waals surface area contributed by atoms with E-state index in [2.05, 4.69) is 17.3 Å². The van der Waals surface area contributed by atoms with E-state index in [0.29, 0.717) is 6.04 Å². The third kappa shape index (κ3) is 5.42. The zero-order chi connectivity index (χ0) is 12.0. The van der Waals surface area contributed by atoms with Crippen LogP contribution in [-0.2, 0) is 24.3 Å². The molecule has 0 aliphatic heterocycles. The number of aryl methyl sites for hydroxylation is 1. The summed E-state index contributed by atoms with van der Waals surface area (Å²) in [6.07, 6.45) is 7.65. The lowest BCUT2D eigenvalue weighted by Gasteiger charge is -2.12. The maximum Gasteiger partial charge on any atom is 0.0522 e. The first-order valence-electron chi connectivity index (χ1n) is 5.59. The van der Waals surface area contributed by atoms with Gasteiger partial charge in [0, 0.05) is 42.1 Å². The molecular formula is C11H21N3OS. The Hall–Kier alpha value is -0.680. The average molecular weight is 243 g/mol. The third-order valence-electron chi connectivity index (χ3n) is 2.50. The van der Waals surface area contributed by atoms with E-state index in [1.807, 2.05) is 24.1 Å². The minimum Gasteiger partial charge on any atom is -0.314 e. The van der Waals surface area contributed by atoms with Gasteiger partial charge in [-0.2, -0.15) is 5.10 Å². The molecule has 2 unspecified atom stereocenters. The molecule has 1 rings (SSSR count). The summed E-state index contributed by atoms with van der Waals surface area (Å²) in [7, 11) is 1.25. The van der Waals surface area contributed by atoms with Crippen LogP contribution in [0.15, 0.2) is 12.4 Å². The Morgan fingerprint density at radius 2 is 2.38 bits per heavy atom. The molecule has 0 radical (unpaired) electrons. The average Bonchev–Trinajstić information content (AvgIpc) is 2.61. The van der Waals surface area contributed by atoms with Gasteiger partial charge in [0.1, 0.15) is 0 Å². The Labute approximate surface area is 99.9 Å². The quantitative estimate of drug-likeness (QED) is 0.767. The van der Waals surface area contributed by atoms with Crippen molar-refractivity contribution >= 4 is 10.8 Å². The first-order chi connectivity index (χ1) is 7.58. The van der Waals surface area contributed by atoms with Gasteiger partial charge in [-0.05, 0) is 31.9 Å². The number of rotatable bonds is 7. The summed E-state index contributed by atoms with van der Waals surface area (Å²) in [4.78, 5) is 0. The molecule has 0 bridgehead atoms. The van der Waals surface area contributed by atoms with Gasteiger partial charge in [-0.1, -0.05) is 0 Å². The molecule has 1 heterocycles. The molecule has 2 atom stereocenters. The van der Waals surface area contributed by atoms with Crippen LogP contribution in [0.3, 0.4) is 0 Å². The monoisotopic (exact) mass is 243 g/mol. The minimum atomic E-state index is -0.678. The normalized spacial score (nSPS) is 14.9. The van der Waals surface area contributed by atoms with Crippen LogP contribution in [0.2, 0.25) is 0 Å². The molecule has 0 saturated heterocycles. The molecule has 0 aromatic carbocycles. The maximum atomic E-state index is 10.9. The summed E-state index contributed by atoms with van der Waals surface area (Å²) < 4.78 is 12.7. The fourth-order valence-corrected chi connectivity index (χ4v) is 2.19. The van der Waals surface area contributed by atoms with Crippen molar-refractivity contribution in [2.24, 2.45) is 7.05 Å². The molecule has 0 aliphatic carbocycles. The smallest absolute Gasteiger partial charge is 0.0522 e.